The van der Waals surface area contributed by atoms with E-state index in [9.17, 15) is 0 Å². The lowest BCUT2D eigenvalue weighted by molar-refractivity contribution is 1.26. The summed E-state index contributed by atoms with van der Waals surface area (Å²) in [5.74, 6) is 0.232. The van der Waals surface area contributed by atoms with Gasteiger partial charge in [-0.2, -0.15) is 0 Å². The van der Waals surface area contributed by atoms with Crippen molar-refractivity contribution in [2.24, 2.45) is 10.7 Å². The summed E-state index contributed by atoms with van der Waals surface area (Å²) in [5.41, 5.74) is 7.77. The molecule has 0 aliphatic rings. The second kappa shape index (κ2) is 6.31. The molecule has 0 atom stereocenters. The summed E-state index contributed by atoms with van der Waals surface area (Å²) >= 11 is 17.7. The Hall–Kier alpha value is -1.49. The molecule has 2 aromatic rings. The second-order valence-corrected chi connectivity index (χ2v) is 5.08. The van der Waals surface area contributed by atoms with E-state index in [-0.39, 0.29) is 5.84 Å². The molecule has 1 heterocycles. The standard InChI is InChI=1S/C13H11Cl3N4/c1-18-10-4-5-11(16)20-12(10)13(17)19-7-2-3-8(14)9(15)6-7/h2-6,18H,1H3,(H2,17,19). The van der Waals surface area contributed by atoms with Gasteiger partial charge in [-0.25, -0.2) is 9.98 Å². The Labute approximate surface area is 131 Å². The van der Waals surface area contributed by atoms with Crippen molar-refractivity contribution in [3.05, 3.63) is 51.2 Å². The van der Waals surface area contributed by atoms with Gasteiger partial charge >= 0.3 is 0 Å². The summed E-state index contributed by atoms with van der Waals surface area (Å²) in [7, 11) is 1.76. The highest BCUT2D eigenvalue weighted by atomic mass is 35.5. The molecule has 0 saturated carbocycles. The summed E-state index contributed by atoms with van der Waals surface area (Å²) in [6.45, 7) is 0. The van der Waals surface area contributed by atoms with Crippen molar-refractivity contribution in [1.29, 1.82) is 0 Å². The van der Waals surface area contributed by atoms with Crippen LogP contribution in [0.2, 0.25) is 15.2 Å². The first-order chi connectivity index (χ1) is 9.51. The van der Waals surface area contributed by atoms with Gasteiger partial charge in [0.05, 0.1) is 21.4 Å². The van der Waals surface area contributed by atoms with Crippen molar-refractivity contribution in [2.45, 2.75) is 0 Å². The first-order valence-electron chi connectivity index (χ1n) is 5.65. The number of nitrogens with one attached hydrogen (secondary N) is 1. The molecule has 0 radical (unpaired) electrons. The molecule has 0 bridgehead atoms. The van der Waals surface area contributed by atoms with Crippen LogP contribution in [0.25, 0.3) is 0 Å². The van der Waals surface area contributed by atoms with E-state index in [1.54, 1.807) is 37.4 Å². The molecule has 1 aromatic carbocycles. The van der Waals surface area contributed by atoms with Crippen molar-refractivity contribution < 1.29 is 0 Å². The summed E-state index contributed by atoms with van der Waals surface area (Å²) in [6.07, 6.45) is 0. The molecule has 0 aliphatic carbocycles. The number of halogens is 3. The lowest BCUT2D eigenvalue weighted by Crippen LogP contribution is -2.17. The molecular weight excluding hydrogens is 319 g/mol. The van der Waals surface area contributed by atoms with Crippen LogP contribution in [0.4, 0.5) is 11.4 Å². The van der Waals surface area contributed by atoms with Gasteiger partial charge in [0.1, 0.15) is 10.8 Å². The van der Waals surface area contributed by atoms with E-state index < -0.39 is 0 Å². The highest BCUT2D eigenvalue weighted by Gasteiger charge is 2.09. The highest BCUT2D eigenvalue weighted by molar-refractivity contribution is 6.42. The molecule has 0 spiro atoms. The average molecular weight is 330 g/mol. The molecule has 0 saturated heterocycles. The van der Waals surface area contributed by atoms with E-state index >= 15 is 0 Å². The molecule has 0 unspecified atom stereocenters. The fourth-order valence-corrected chi connectivity index (χ4v) is 2.02. The molecule has 104 valence electrons. The fourth-order valence-electron chi connectivity index (χ4n) is 1.58. The molecule has 20 heavy (non-hydrogen) atoms. The van der Waals surface area contributed by atoms with Gasteiger partial charge in [-0.3, -0.25) is 0 Å². The Balaban J connectivity index is 2.44. The van der Waals surface area contributed by atoms with Crippen molar-refractivity contribution in [2.75, 3.05) is 12.4 Å². The molecule has 0 amide bonds. The Morgan fingerprint density at radius 1 is 1.15 bits per heavy atom. The van der Waals surface area contributed by atoms with E-state index in [4.69, 9.17) is 40.5 Å². The number of pyridine rings is 1. The maximum absolute atomic E-state index is 5.97. The van der Waals surface area contributed by atoms with Gasteiger partial charge in [-0.1, -0.05) is 34.8 Å². The minimum atomic E-state index is 0.232. The first-order valence-corrected chi connectivity index (χ1v) is 6.78. The number of benzene rings is 1. The van der Waals surface area contributed by atoms with Crippen molar-refractivity contribution in [3.8, 4) is 0 Å². The zero-order valence-electron chi connectivity index (χ0n) is 10.5. The van der Waals surface area contributed by atoms with Crippen LogP contribution in [0.3, 0.4) is 0 Å². The van der Waals surface area contributed by atoms with Gasteiger partial charge in [0.15, 0.2) is 5.84 Å². The Morgan fingerprint density at radius 2 is 1.90 bits per heavy atom. The molecule has 0 fully saturated rings. The van der Waals surface area contributed by atoms with E-state index in [2.05, 4.69) is 15.3 Å². The number of nitrogens with zero attached hydrogens (tertiary/aromatic N) is 2. The van der Waals surface area contributed by atoms with E-state index in [1.807, 2.05) is 0 Å². The van der Waals surface area contributed by atoms with Crippen molar-refractivity contribution >= 4 is 52.0 Å². The van der Waals surface area contributed by atoms with Gasteiger partial charge in [0.2, 0.25) is 0 Å². The summed E-state index contributed by atoms with van der Waals surface area (Å²) in [6, 6.07) is 8.44. The largest absolute Gasteiger partial charge is 0.386 e. The average Bonchev–Trinajstić information content (AvgIpc) is 2.43. The quantitative estimate of drug-likeness (QED) is 0.506. The molecule has 0 aliphatic heterocycles. The zero-order valence-corrected chi connectivity index (χ0v) is 12.8. The maximum atomic E-state index is 5.97. The molecule has 4 nitrogen and oxygen atoms in total. The third kappa shape index (κ3) is 3.33. The van der Waals surface area contributed by atoms with Gasteiger partial charge in [-0.15, -0.1) is 0 Å². The first kappa shape index (κ1) is 14.9. The minimum absolute atomic E-state index is 0.232. The van der Waals surface area contributed by atoms with Crippen LogP contribution in [0.15, 0.2) is 35.3 Å². The van der Waals surface area contributed by atoms with Crippen molar-refractivity contribution in [3.63, 3.8) is 0 Å². The lowest BCUT2D eigenvalue weighted by atomic mass is 10.2. The second-order valence-electron chi connectivity index (χ2n) is 3.88. The monoisotopic (exact) mass is 328 g/mol. The van der Waals surface area contributed by atoms with Crippen LogP contribution in [0.5, 0.6) is 0 Å². The van der Waals surface area contributed by atoms with Crippen LogP contribution in [-0.4, -0.2) is 17.9 Å². The predicted molar refractivity (Wildman–Crippen MR) is 85.6 cm³/mol. The van der Waals surface area contributed by atoms with Crippen LogP contribution in [-0.2, 0) is 0 Å². The summed E-state index contributed by atoms with van der Waals surface area (Å²) < 4.78 is 0. The smallest absolute Gasteiger partial charge is 0.152 e. The number of rotatable bonds is 3. The third-order valence-corrected chi connectivity index (χ3v) is 3.48. The molecule has 3 N–H and O–H groups in total. The number of amidine groups is 1. The highest BCUT2D eigenvalue weighted by Crippen LogP contribution is 2.27. The normalized spacial score (nSPS) is 11.5. The SMILES string of the molecule is CNc1ccc(Cl)nc1C(N)=Nc1ccc(Cl)c(Cl)c1. The number of hydrogen-bond donors (Lipinski definition) is 2. The lowest BCUT2D eigenvalue weighted by Gasteiger charge is -2.08. The topological polar surface area (TPSA) is 63.3 Å². The molecular formula is C13H11Cl3N4. The Morgan fingerprint density at radius 3 is 2.55 bits per heavy atom. The number of aromatic nitrogens is 1. The third-order valence-electron chi connectivity index (χ3n) is 2.53. The van der Waals surface area contributed by atoms with Gasteiger partial charge < -0.3 is 11.1 Å². The van der Waals surface area contributed by atoms with Crippen LogP contribution in [0.1, 0.15) is 5.69 Å². The molecule has 1 aromatic heterocycles. The van der Waals surface area contributed by atoms with Gasteiger partial charge in [0.25, 0.3) is 0 Å². The molecule has 7 heteroatoms. The number of anilines is 1. The van der Waals surface area contributed by atoms with E-state index in [1.165, 1.54) is 0 Å². The number of nitrogens with two attached hydrogens (primary N) is 1. The van der Waals surface area contributed by atoms with Gasteiger partial charge in [-0.05, 0) is 30.3 Å². The number of aliphatic imine (C=N–C) groups is 1. The molecule has 2 rings (SSSR count). The maximum Gasteiger partial charge on any atom is 0.152 e. The zero-order chi connectivity index (χ0) is 14.7. The minimum Gasteiger partial charge on any atom is -0.386 e. The van der Waals surface area contributed by atoms with Crippen molar-refractivity contribution in [1.82, 2.24) is 4.98 Å². The van der Waals surface area contributed by atoms with Crippen LogP contribution in [0, 0.1) is 0 Å². The summed E-state index contributed by atoms with van der Waals surface area (Å²) in [5, 5.41) is 4.19. The van der Waals surface area contributed by atoms with E-state index in [0.29, 0.717) is 26.6 Å². The Kier molecular flexibility index (Phi) is 4.70. The van der Waals surface area contributed by atoms with Crippen LogP contribution < -0.4 is 11.1 Å². The van der Waals surface area contributed by atoms with Crippen LogP contribution >= 0.6 is 34.8 Å². The van der Waals surface area contributed by atoms with E-state index in [0.717, 1.165) is 5.69 Å². The predicted octanol–water partition coefficient (Wildman–Crippen LogP) is 4.12. The fraction of sp³-hybridized carbons (Fsp3) is 0.0769. The Bertz CT molecular complexity index is 671. The van der Waals surface area contributed by atoms with Gasteiger partial charge in [0, 0.05) is 7.05 Å². The summed E-state index contributed by atoms with van der Waals surface area (Å²) in [4.78, 5) is 8.44. The number of hydrogen-bond acceptors (Lipinski definition) is 3.